The van der Waals surface area contributed by atoms with E-state index in [2.05, 4.69) is 17.0 Å². The van der Waals surface area contributed by atoms with E-state index in [0.717, 1.165) is 29.3 Å². The van der Waals surface area contributed by atoms with Crippen molar-refractivity contribution < 1.29 is 9.94 Å². The van der Waals surface area contributed by atoms with Gasteiger partial charge in [0, 0.05) is 18.9 Å². The predicted octanol–water partition coefficient (Wildman–Crippen LogP) is 2.41. The van der Waals surface area contributed by atoms with E-state index in [-0.39, 0.29) is 0 Å². The minimum atomic E-state index is -0.559. The number of aromatic nitrogens is 1. The van der Waals surface area contributed by atoms with Gasteiger partial charge in [0.05, 0.1) is 0 Å². The highest BCUT2D eigenvalue weighted by Gasteiger charge is 2.21. The lowest BCUT2D eigenvalue weighted by Crippen LogP contribution is -2.25. The highest BCUT2D eigenvalue weighted by molar-refractivity contribution is 5.25. The molecule has 1 saturated carbocycles. The lowest BCUT2D eigenvalue weighted by Gasteiger charge is -2.10. The quantitative estimate of drug-likeness (QED) is 0.540. The van der Waals surface area contributed by atoms with Crippen LogP contribution < -0.4 is 16.0 Å². The Morgan fingerprint density at radius 1 is 1.29 bits per heavy atom. The van der Waals surface area contributed by atoms with Crippen LogP contribution >= 0.6 is 0 Å². The van der Waals surface area contributed by atoms with Crippen LogP contribution in [0, 0.1) is 5.92 Å². The smallest absolute Gasteiger partial charge is 0.137 e. The van der Waals surface area contributed by atoms with Gasteiger partial charge in [-0.1, -0.05) is 24.3 Å². The highest BCUT2D eigenvalue weighted by Crippen LogP contribution is 2.31. The Labute approximate surface area is 124 Å². The fourth-order valence-electron chi connectivity index (χ4n) is 2.28. The summed E-state index contributed by atoms with van der Waals surface area (Å²) in [5.74, 6) is 1.76. The molecule has 4 N–H and O–H groups in total. The molecule has 5 nitrogen and oxygen atoms in total. The van der Waals surface area contributed by atoms with Crippen LogP contribution in [0.15, 0.2) is 42.7 Å². The normalized spacial score (nSPS) is 15.9. The van der Waals surface area contributed by atoms with Gasteiger partial charge in [0.1, 0.15) is 18.5 Å². The summed E-state index contributed by atoms with van der Waals surface area (Å²) in [4.78, 5) is 0. The maximum Gasteiger partial charge on any atom is 0.137 e. The average Bonchev–Trinajstić information content (AvgIpc) is 3.22. The summed E-state index contributed by atoms with van der Waals surface area (Å²) in [7, 11) is 0. The average molecular weight is 287 g/mol. The molecule has 1 fully saturated rings. The second-order valence-corrected chi connectivity index (χ2v) is 5.62. The number of hydroxylamine groups is 1. The predicted molar refractivity (Wildman–Crippen MR) is 79.8 cm³/mol. The summed E-state index contributed by atoms with van der Waals surface area (Å²) in [5, 5.41) is 8.78. The van der Waals surface area contributed by atoms with Crippen LogP contribution in [0.25, 0.3) is 0 Å². The summed E-state index contributed by atoms with van der Waals surface area (Å²) in [6.07, 6.45) is 6.27. The lowest BCUT2D eigenvalue weighted by molar-refractivity contribution is 0.128. The molecule has 2 aromatic rings. The maximum atomic E-state index is 8.78. The van der Waals surface area contributed by atoms with Crippen LogP contribution in [0.2, 0.25) is 0 Å². The second kappa shape index (κ2) is 6.30. The van der Waals surface area contributed by atoms with E-state index in [1.807, 2.05) is 35.8 Å². The third kappa shape index (κ3) is 3.85. The van der Waals surface area contributed by atoms with E-state index in [9.17, 15) is 0 Å². The van der Waals surface area contributed by atoms with Crippen LogP contribution in [0.1, 0.15) is 30.1 Å². The lowest BCUT2D eigenvalue weighted by atomic mass is 10.1. The molecule has 0 aliphatic heterocycles. The molecule has 112 valence electrons. The van der Waals surface area contributed by atoms with E-state index in [1.54, 1.807) is 0 Å². The number of benzene rings is 1. The van der Waals surface area contributed by atoms with Crippen molar-refractivity contribution in [3.05, 3.63) is 53.9 Å². The van der Waals surface area contributed by atoms with Crippen LogP contribution in [-0.4, -0.2) is 9.77 Å². The van der Waals surface area contributed by atoms with Gasteiger partial charge in [0.2, 0.25) is 0 Å². The van der Waals surface area contributed by atoms with E-state index in [1.165, 1.54) is 12.8 Å². The molecule has 0 radical (unpaired) electrons. The molecule has 0 amide bonds. The molecule has 0 spiro atoms. The van der Waals surface area contributed by atoms with Gasteiger partial charge in [-0.3, -0.25) is 0 Å². The number of hydrogen-bond donors (Lipinski definition) is 3. The van der Waals surface area contributed by atoms with Gasteiger partial charge in [0.15, 0.2) is 0 Å². The number of nitrogens with two attached hydrogens (primary N) is 1. The molecule has 1 aromatic heterocycles. The second-order valence-electron chi connectivity index (χ2n) is 5.62. The van der Waals surface area contributed by atoms with Crippen LogP contribution in [0.3, 0.4) is 0 Å². The van der Waals surface area contributed by atoms with Crippen molar-refractivity contribution in [3.8, 4) is 5.75 Å². The van der Waals surface area contributed by atoms with E-state index in [0.29, 0.717) is 6.61 Å². The standard InChI is InChI=1S/C16H21N3O2/c17-16(18-20)14-5-3-13(4-6-14)11-21-15-7-8-19(10-15)9-12-1-2-12/h3-8,10,12,16,18,20H,1-2,9,11,17H2. The molecule has 3 rings (SSSR count). The first-order valence-electron chi connectivity index (χ1n) is 7.27. The Morgan fingerprint density at radius 2 is 2.05 bits per heavy atom. The number of nitrogens with one attached hydrogen (secondary N) is 1. The molecule has 1 heterocycles. The van der Waals surface area contributed by atoms with Crippen molar-refractivity contribution in [2.75, 3.05) is 0 Å². The number of nitrogens with zero attached hydrogens (tertiary/aromatic N) is 1. The largest absolute Gasteiger partial charge is 0.487 e. The summed E-state index contributed by atoms with van der Waals surface area (Å²) in [6, 6.07) is 9.67. The minimum Gasteiger partial charge on any atom is -0.487 e. The molecular formula is C16H21N3O2. The van der Waals surface area contributed by atoms with E-state index < -0.39 is 6.17 Å². The van der Waals surface area contributed by atoms with Crippen molar-refractivity contribution in [1.29, 1.82) is 0 Å². The van der Waals surface area contributed by atoms with Crippen molar-refractivity contribution in [2.24, 2.45) is 11.7 Å². The van der Waals surface area contributed by atoms with Gasteiger partial charge in [0.25, 0.3) is 0 Å². The molecule has 1 aromatic carbocycles. The van der Waals surface area contributed by atoms with Crippen molar-refractivity contribution in [1.82, 2.24) is 10.0 Å². The molecule has 21 heavy (non-hydrogen) atoms. The Morgan fingerprint density at radius 3 is 2.71 bits per heavy atom. The van der Waals surface area contributed by atoms with Crippen LogP contribution in [0.4, 0.5) is 0 Å². The van der Waals surface area contributed by atoms with Gasteiger partial charge in [-0.25, -0.2) is 0 Å². The number of rotatable bonds is 7. The van der Waals surface area contributed by atoms with E-state index >= 15 is 0 Å². The summed E-state index contributed by atoms with van der Waals surface area (Å²) >= 11 is 0. The summed E-state index contributed by atoms with van der Waals surface area (Å²) in [6.45, 7) is 1.62. The molecule has 1 aliphatic rings. The molecule has 1 aliphatic carbocycles. The van der Waals surface area contributed by atoms with Gasteiger partial charge in [-0.15, -0.1) is 0 Å². The molecule has 1 unspecified atom stereocenters. The maximum absolute atomic E-state index is 8.78. The van der Waals surface area contributed by atoms with Crippen molar-refractivity contribution >= 4 is 0 Å². The van der Waals surface area contributed by atoms with Gasteiger partial charge in [-0.05, 0) is 36.0 Å². The Hall–Kier alpha value is -1.82. The summed E-state index contributed by atoms with van der Waals surface area (Å²) < 4.78 is 7.98. The number of ether oxygens (including phenoxy) is 1. The Kier molecular flexibility index (Phi) is 4.24. The first-order valence-corrected chi connectivity index (χ1v) is 7.27. The zero-order chi connectivity index (χ0) is 14.7. The van der Waals surface area contributed by atoms with Gasteiger partial charge < -0.3 is 20.2 Å². The molecular weight excluding hydrogens is 266 g/mol. The zero-order valence-electron chi connectivity index (χ0n) is 11.9. The zero-order valence-corrected chi connectivity index (χ0v) is 11.9. The van der Waals surface area contributed by atoms with Crippen molar-refractivity contribution in [3.63, 3.8) is 0 Å². The molecule has 0 saturated heterocycles. The number of hydrogen-bond acceptors (Lipinski definition) is 4. The minimum absolute atomic E-state index is 0.523. The van der Waals surface area contributed by atoms with E-state index in [4.69, 9.17) is 15.7 Å². The topological polar surface area (TPSA) is 72.4 Å². The molecule has 5 heteroatoms. The first kappa shape index (κ1) is 14.1. The SMILES string of the molecule is NC(NO)c1ccc(COc2ccn(CC3CC3)c2)cc1. The van der Waals surface area contributed by atoms with Gasteiger partial charge in [-0.2, -0.15) is 5.48 Å². The van der Waals surface area contributed by atoms with Crippen LogP contribution in [-0.2, 0) is 13.2 Å². The van der Waals surface area contributed by atoms with Gasteiger partial charge >= 0.3 is 0 Å². The third-order valence-corrected chi connectivity index (χ3v) is 3.77. The molecule has 0 bridgehead atoms. The third-order valence-electron chi connectivity index (χ3n) is 3.77. The van der Waals surface area contributed by atoms with Crippen molar-refractivity contribution in [2.45, 2.75) is 32.2 Å². The Balaban J connectivity index is 1.53. The first-order chi connectivity index (χ1) is 10.2. The fourth-order valence-corrected chi connectivity index (χ4v) is 2.28. The highest BCUT2D eigenvalue weighted by atomic mass is 16.5. The Bertz CT molecular complexity index is 575. The fraction of sp³-hybridized carbons (Fsp3) is 0.375. The molecule has 1 atom stereocenters. The van der Waals surface area contributed by atoms with Crippen LogP contribution in [0.5, 0.6) is 5.75 Å². The monoisotopic (exact) mass is 287 g/mol. The summed E-state index contributed by atoms with van der Waals surface area (Å²) in [5.41, 5.74) is 9.59.